The number of aromatic nitrogens is 10. The van der Waals surface area contributed by atoms with E-state index in [1.165, 1.54) is 5.56 Å². The van der Waals surface area contributed by atoms with Crippen LogP contribution in [0.1, 0.15) is 33.3 Å². The van der Waals surface area contributed by atoms with Crippen molar-refractivity contribution < 1.29 is 0 Å². The number of nitrogens with zero attached hydrogens (tertiary/aromatic N) is 11. The summed E-state index contributed by atoms with van der Waals surface area (Å²) >= 11 is 6.94. The van der Waals surface area contributed by atoms with Crippen molar-refractivity contribution in [3.8, 4) is 5.95 Å². The van der Waals surface area contributed by atoms with Crippen molar-refractivity contribution in [2.45, 2.75) is 39.3 Å². The summed E-state index contributed by atoms with van der Waals surface area (Å²) in [6.45, 7) is 8.00. The predicted molar refractivity (Wildman–Crippen MR) is 152 cm³/mol. The molecule has 0 spiro atoms. The molecule has 5 aromatic rings. The standard InChI is InChI=1S/C10H10N6S.C10H9N5S.2C2H6/c1-15-9(12-13-14-15)16-8-6-4-3-5-7(8)11-10(16)17-2;1-14-10(11-12-13-14)15-8-5-3-2-4-7(8)6-9(15)16;2*1-2/h3-6H,1-2H3;2-5H,6H2,1H3;2*1-2H3. The first kappa shape index (κ1) is 27.9. The molecule has 0 aliphatic carbocycles. The lowest BCUT2D eigenvalue weighted by Crippen LogP contribution is -2.22. The topological polar surface area (TPSA) is 108 Å². The molecule has 3 aromatic heterocycles. The number of thiocarbonyl (C=S) groups is 1. The van der Waals surface area contributed by atoms with Crippen molar-refractivity contribution in [1.29, 1.82) is 0 Å². The van der Waals surface area contributed by atoms with Crippen molar-refractivity contribution in [2.24, 2.45) is 14.1 Å². The van der Waals surface area contributed by atoms with Crippen molar-refractivity contribution in [3.05, 3.63) is 54.1 Å². The summed E-state index contributed by atoms with van der Waals surface area (Å²) in [5, 5.41) is 23.9. The summed E-state index contributed by atoms with van der Waals surface area (Å²) in [6, 6.07) is 16.1. The molecule has 0 bridgehead atoms. The highest BCUT2D eigenvalue weighted by Crippen LogP contribution is 2.34. The third kappa shape index (κ3) is 5.67. The maximum absolute atomic E-state index is 5.37. The quantitative estimate of drug-likeness (QED) is 0.240. The highest BCUT2D eigenvalue weighted by molar-refractivity contribution is 7.98. The van der Waals surface area contributed by atoms with Crippen molar-refractivity contribution in [1.82, 2.24) is 50.0 Å². The molecule has 0 N–H and O–H groups in total. The Morgan fingerprint density at radius 1 is 0.811 bits per heavy atom. The Morgan fingerprint density at radius 2 is 1.41 bits per heavy atom. The number of rotatable bonds is 3. The number of hydrogen-bond donors (Lipinski definition) is 0. The number of aryl methyl sites for hydroxylation is 2. The van der Waals surface area contributed by atoms with Gasteiger partial charge in [0.2, 0.25) is 0 Å². The summed E-state index contributed by atoms with van der Waals surface area (Å²) in [5.74, 6) is 1.33. The first-order valence-electron chi connectivity index (χ1n) is 12.0. The number of para-hydroxylation sites is 3. The van der Waals surface area contributed by atoms with E-state index in [1.807, 2.05) is 92.9 Å². The highest BCUT2D eigenvalue weighted by Gasteiger charge is 2.28. The molecule has 1 aliphatic heterocycles. The van der Waals surface area contributed by atoms with Crippen molar-refractivity contribution >= 4 is 51.6 Å². The zero-order chi connectivity index (χ0) is 26.9. The number of imidazole rings is 1. The molecule has 194 valence electrons. The van der Waals surface area contributed by atoms with Crippen LogP contribution in [0.5, 0.6) is 0 Å². The van der Waals surface area contributed by atoms with Crippen LogP contribution in [0.3, 0.4) is 0 Å². The van der Waals surface area contributed by atoms with Crippen LogP contribution in [0.2, 0.25) is 0 Å². The molecule has 0 radical (unpaired) electrons. The summed E-state index contributed by atoms with van der Waals surface area (Å²) in [7, 11) is 3.62. The van der Waals surface area contributed by atoms with Gasteiger partial charge in [0.25, 0.3) is 11.9 Å². The Bertz CT molecular complexity index is 1450. The van der Waals surface area contributed by atoms with E-state index in [-0.39, 0.29) is 0 Å². The zero-order valence-electron chi connectivity index (χ0n) is 22.1. The molecule has 0 atom stereocenters. The molecule has 37 heavy (non-hydrogen) atoms. The molecule has 6 rings (SSSR count). The van der Waals surface area contributed by atoms with Gasteiger partial charge in [-0.15, -0.1) is 0 Å². The Kier molecular flexibility index (Phi) is 9.80. The van der Waals surface area contributed by atoms with Gasteiger partial charge in [0.15, 0.2) is 5.16 Å². The monoisotopic (exact) mass is 537 g/mol. The molecular formula is C24H31N11S2. The van der Waals surface area contributed by atoms with Crippen LogP contribution < -0.4 is 4.90 Å². The average Bonchev–Trinajstić information content (AvgIpc) is 3.71. The fourth-order valence-corrected chi connectivity index (χ4v) is 4.52. The molecule has 11 nitrogen and oxygen atoms in total. The first-order valence-corrected chi connectivity index (χ1v) is 13.6. The summed E-state index contributed by atoms with van der Waals surface area (Å²) in [6.07, 6.45) is 2.76. The van der Waals surface area contributed by atoms with Crippen LogP contribution in [0.15, 0.2) is 53.7 Å². The fourth-order valence-electron chi connectivity index (χ4n) is 3.64. The third-order valence-corrected chi connectivity index (χ3v) is 6.10. The molecule has 0 saturated carbocycles. The molecule has 4 heterocycles. The summed E-state index contributed by atoms with van der Waals surface area (Å²) in [4.78, 5) is 7.30. The van der Waals surface area contributed by atoms with Crippen LogP contribution in [-0.4, -0.2) is 61.2 Å². The van der Waals surface area contributed by atoms with Crippen LogP contribution in [0.4, 0.5) is 11.6 Å². The van der Waals surface area contributed by atoms with E-state index in [1.54, 1.807) is 28.2 Å². The van der Waals surface area contributed by atoms with Gasteiger partial charge in [0, 0.05) is 20.5 Å². The largest absolute Gasteiger partial charge is 0.271 e. The van der Waals surface area contributed by atoms with Crippen LogP contribution >= 0.6 is 24.0 Å². The number of benzene rings is 2. The molecule has 0 fully saturated rings. The van der Waals surface area contributed by atoms with E-state index in [9.17, 15) is 0 Å². The van der Waals surface area contributed by atoms with Gasteiger partial charge in [-0.25, -0.2) is 14.3 Å². The lowest BCUT2D eigenvalue weighted by molar-refractivity contribution is 0.682. The minimum absolute atomic E-state index is 0.662. The molecule has 0 saturated heterocycles. The maximum atomic E-state index is 5.37. The van der Waals surface area contributed by atoms with E-state index < -0.39 is 0 Å². The van der Waals surface area contributed by atoms with Crippen molar-refractivity contribution in [2.75, 3.05) is 11.2 Å². The Morgan fingerprint density at radius 3 is 2.03 bits per heavy atom. The second-order valence-corrected chi connectivity index (χ2v) is 8.41. The Balaban J connectivity index is 0.000000182. The third-order valence-electron chi connectivity index (χ3n) is 5.13. The summed E-state index contributed by atoms with van der Waals surface area (Å²) in [5.41, 5.74) is 4.25. The van der Waals surface area contributed by atoms with Gasteiger partial charge in [-0.3, -0.25) is 9.47 Å². The van der Waals surface area contributed by atoms with E-state index in [0.29, 0.717) is 11.9 Å². The Hall–Kier alpha value is -3.71. The highest BCUT2D eigenvalue weighted by atomic mass is 32.2. The SMILES string of the molecule is CC.CC.CSc1nc2ccccc2n1-c1nnnn1C.Cn1nnnc1N1C(=S)Cc2ccccc21. The van der Waals surface area contributed by atoms with Crippen LogP contribution in [-0.2, 0) is 20.5 Å². The number of anilines is 2. The molecule has 1 aliphatic rings. The van der Waals surface area contributed by atoms with Gasteiger partial charge < -0.3 is 0 Å². The second-order valence-electron chi connectivity index (χ2n) is 7.16. The van der Waals surface area contributed by atoms with Gasteiger partial charge in [-0.2, -0.15) is 0 Å². The smallest absolute Gasteiger partial charge is 0.256 e. The second kappa shape index (κ2) is 13.0. The van der Waals surface area contributed by atoms with E-state index in [2.05, 4.69) is 42.1 Å². The number of fused-ring (bicyclic) bond motifs is 2. The van der Waals surface area contributed by atoms with Crippen molar-refractivity contribution in [3.63, 3.8) is 0 Å². The number of tetrazole rings is 2. The van der Waals surface area contributed by atoms with Gasteiger partial charge in [0.1, 0.15) is 0 Å². The minimum Gasteiger partial charge on any atom is -0.271 e. The van der Waals surface area contributed by atoms with E-state index in [4.69, 9.17) is 12.2 Å². The van der Waals surface area contributed by atoms with Gasteiger partial charge in [-0.05, 0) is 50.9 Å². The average molecular weight is 538 g/mol. The molecule has 13 heteroatoms. The van der Waals surface area contributed by atoms with Gasteiger partial charge >= 0.3 is 0 Å². The van der Waals surface area contributed by atoms with E-state index >= 15 is 0 Å². The van der Waals surface area contributed by atoms with Gasteiger partial charge in [-0.1, -0.05) is 92.2 Å². The zero-order valence-corrected chi connectivity index (χ0v) is 23.7. The molecular weight excluding hydrogens is 506 g/mol. The normalized spacial score (nSPS) is 11.6. The molecule has 2 aromatic carbocycles. The van der Waals surface area contributed by atoms with E-state index in [0.717, 1.165) is 33.3 Å². The fraction of sp³-hybridized carbons (Fsp3) is 0.333. The van der Waals surface area contributed by atoms with Crippen LogP contribution in [0.25, 0.3) is 17.0 Å². The lowest BCUT2D eigenvalue weighted by Gasteiger charge is -2.16. The Labute approximate surface area is 225 Å². The maximum Gasteiger partial charge on any atom is 0.256 e. The number of hydrogen-bond acceptors (Lipinski definition) is 9. The minimum atomic E-state index is 0.662. The lowest BCUT2D eigenvalue weighted by atomic mass is 10.2. The summed E-state index contributed by atoms with van der Waals surface area (Å²) < 4.78 is 5.21. The molecule has 0 amide bonds. The van der Waals surface area contributed by atoms with Crippen LogP contribution in [0, 0.1) is 0 Å². The van der Waals surface area contributed by atoms with Gasteiger partial charge in [0.05, 0.1) is 21.7 Å². The predicted octanol–water partition coefficient (Wildman–Crippen LogP) is 4.56. The molecule has 0 unspecified atom stereocenters. The first-order chi connectivity index (χ1) is 18.1. The number of thioether (sulfide) groups is 1.